The average Bonchev–Trinajstić information content (AvgIpc) is 2.63. The van der Waals surface area contributed by atoms with Crippen molar-refractivity contribution in [3.8, 4) is 5.75 Å². The van der Waals surface area contributed by atoms with Crippen molar-refractivity contribution in [1.29, 1.82) is 0 Å². The highest BCUT2D eigenvalue weighted by Gasteiger charge is 2.23. The normalized spacial score (nSPS) is 17.1. The van der Waals surface area contributed by atoms with E-state index in [1.807, 2.05) is 38.1 Å². The lowest BCUT2D eigenvalue weighted by molar-refractivity contribution is 0.233. The van der Waals surface area contributed by atoms with E-state index in [4.69, 9.17) is 4.74 Å². The van der Waals surface area contributed by atoms with Gasteiger partial charge in [-0.15, -0.1) is 11.8 Å². The number of fused-ring (bicyclic) bond motifs is 1. The van der Waals surface area contributed by atoms with Crippen molar-refractivity contribution < 1.29 is 13.9 Å². The Labute approximate surface area is 157 Å². The van der Waals surface area contributed by atoms with Gasteiger partial charge in [0.1, 0.15) is 11.6 Å². The van der Waals surface area contributed by atoms with Gasteiger partial charge >= 0.3 is 6.03 Å². The lowest BCUT2D eigenvalue weighted by Crippen LogP contribution is -2.40. The fourth-order valence-electron chi connectivity index (χ4n) is 3.01. The van der Waals surface area contributed by atoms with E-state index in [-0.39, 0.29) is 23.9 Å². The number of rotatable bonds is 5. The van der Waals surface area contributed by atoms with Crippen LogP contribution in [-0.4, -0.2) is 18.4 Å². The second-order valence-electron chi connectivity index (χ2n) is 6.21. The zero-order valence-corrected chi connectivity index (χ0v) is 15.7. The molecule has 0 aromatic heterocycles. The van der Waals surface area contributed by atoms with Crippen LogP contribution in [0.2, 0.25) is 0 Å². The van der Waals surface area contributed by atoms with Gasteiger partial charge in [-0.3, -0.25) is 0 Å². The van der Waals surface area contributed by atoms with Gasteiger partial charge in [-0.2, -0.15) is 0 Å². The molecular formula is C20H23FN2O2S. The minimum absolute atomic E-state index is 0.143. The summed E-state index contributed by atoms with van der Waals surface area (Å²) < 4.78 is 19.0. The van der Waals surface area contributed by atoms with Crippen molar-refractivity contribution in [3.05, 3.63) is 59.4 Å². The molecule has 4 nitrogen and oxygen atoms in total. The smallest absolute Gasteiger partial charge is 0.315 e. The largest absolute Gasteiger partial charge is 0.494 e. The van der Waals surface area contributed by atoms with Crippen LogP contribution < -0.4 is 15.4 Å². The number of thioether (sulfide) groups is 1. The molecule has 2 amide bonds. The number of halogens is 1. The summed E-state index contributed by atoms with van der Waals surface area (Å²) in [5.74, 6) is 1.44. The Morgan fingerprint density at radius 2 is 2.08 bits per heavy atom. The summed E-state index contributed by atoms with van der Waals surface area (Å²) in [6, 6.07) is 11.9. The lowest BCUT2D eigenvalue weighted by Gasteiger charge is -2.27. The van der Waals surface area contributed by atoms with E-state index < -0.39 is 0 Å². The summed E-state index contributed by atoms with van der Waals surface area (Å²) in [4.78, 5) is 13.4. The van der Waals surface area contributed by atoms with Crippen molar-refractivity contribution >= 4 is 17.8 Å². The van der Waals surface area contributed by atoms with Crippen molar-refractivity contribution in [3.63, 3.8) is 0 Å². The molecule has 0 aliphatic carbocycles. The fraction of sp³-hybridized carbons (Fsp3) is 0.350. The zero-order chi connectivity index (χ0) is 18.5. The molecule has 0 saturated carbocycles. The molecule has 138 valence electrons. The predicted molar refractivity (Wildman–Crippen MR) is 102 cm³/mol. The number of carbonyl (C=O) groups excluding carboxylic acids is 1. The summed E-state index contributed by atoms with van der Waals surface area (Å²) in [7, 11) is 0. The molecule has 0 bridgehead atoms. The number of hydrogen-bond donors (Lipinski definition) is 2. The number of ether oxygens (including phenoxy) is 1. The first-order valence-corrected chi connectivity index (χ1v) is 9.77. The number of benzene rings is 2. The Morgan fingerprint density at radius 3 is 2.81 bits per heavy atom. The fourth-order valence-corrected chi connectivity index (χ4v) is 4.12. The third-order valence-electron chi connectivity index (χ3n) is 4.36. The Hall–Kier alpha value is -2.21. The molecule has 0 radical (unpaired) electrons. The van der Waals surface area contributed by atoms with Gasteiger partial charge < -0.3 is 15.4 Å². The van der Waals surface area contributed by atoms with Gasteiger partial charge in [0.25, 0.3) is 0 Å². The van der Waals surface area contributed by atoms with Crippen LogP contribution >= 0.6 is 11.8 Å². The Kier molecular flexibility index (Phi) is 6.04. The lowest BCUT2D eigenvalue weighted by atomic mass is 10.0. The van der Waals surface area contributed by atoms with E-state index in [0.29, 0.717) is 6.61 Å². The van der Waals surface area contributed by atoms with E-state index in [9.17, 15) is 9.18 Å². The molecule has 26 heavy (non-hydrogen) atoms. The van der Waals surface area contributed by atoms with Crippen LogP contribution in [0.4, 0.5) is 9.18 Å². The molecule has 6 heteroatoms. The van der Waals surface area contributed by atoms with Gasteiger partial charge in [-0.1, -0.05) is 12.1 Å². The molecule has 2 aromatic carbocycles. The summed E-state index contributed by atoms with van der Waals surface area (Å²) in [6.07, 6.45) is 0.784. The maximum atomic E-state index is 13.6. The second kappa shape index (κ2) is 8.45. The van der Waals surface area contributed by atoms with E-state index in [0.717, 1.165) is 33.9 Å². The number of carbonyl (C=O) groups is 1. The van der Waals surface area contributed by atoms with Gasteiger partial charge in [0, 0.05) is 10.6 Å². The van der Waals surface area contributed by atoms with Crippen LogP contribution in [0.5, 0.6) is 5.75 Å². The molecule has 2 N–H and O–H groups in total. The third-order valence-corrected chi connectivity index (χ3v) is 5.48. The van der Waals surface area contributed by atoms with E-state index in [1.165, 1.54) is 12.1 Å². The molecule has 1 aliphatic heterocycles. The minimum atomic E-state index is -0.277. The highest BCUT2D eigenvalue weighted by Crippen LogP contribution is 2.36. The number of hydrogen-bond acceptors (Lipinski definition) is 3. The maximum absolute atomic E-state index is 13.6. The van der Waals surface area contributed by atoms with Crippen LogP contribution in [0.15, 0.2) is 47.4 Å². The molecular weight excluding hydrogens is 351 g/mol. The standard InChI is InChI=1S/C20H23FN2O2S/c1-3-25-16-7-4-14(5-8-16)13(2)22-20(24)23-18-10-11-26-19-9-6-15(21)12-17(18)19/h4-9,12-13,18H,3,10-11H2,1-2H3,(H2,22,23,24)/t13-,18-/m1/s1. The molecule has 0 spiro atoms. The highest BCUT2D eigenvalue weighted by molar-refractivity contribution is 7.99. The van der Waals surface area contributed by atoms with Gasteiger partial charge in [0.05, 0.1) is 18.7 Å². The Balaban J connectivity index is 1.61. The highest BCUT2D eigenvalue weighted by atomic mass is 32.2. The molecule has 3 rings (SSSR count). The van der Waals surface area contributed by atoms with Crippen molar-refractivity contribution in [2.75, 3.05) is 12.4 Å². The number of amides is 2. The average molecular weight is 374 g/mol. The summed E-state index contributed by atoms with van der Waals surface area (Å²) in [5, 5.41) is 5.93. The maximum Gasteiger partial charge on any atom is 0.315 e. The summed E-state index contributed by atoms with van der Waals surface area (Å²) >= 11 is 1.69. The van der Waals surface area contributed by atoms with Gasteiger partial charge in [0.15, 0.2) is 0 Å². The molecule has 0 fully saturated rings. The van der Waals surface area contributed by atoms with Crippen molar-refractivity contribution in [1.82, 2.24) is 10.6 Å². The second-order valence-corrected chi connectivity index (χ2v) is 7.35. The summed E-state index contributed by atoms with van der Waals surface area (Å²) in [6.45, 7) is 4.49. The van der Waals surface area contributed by atoms with E-state index in [1.54, 1.807) is 17.8 Å². The molecule has 2 atom stereocenters. The van der Waals surface area contributed by atoms with E-state index in [2.05, 4.69) is 10.6 Å². The molecule has 1 heterocycles. The predicted octanol–water partition coefficient (Wildman–Crippen LogP) is 4.82. The Morgan fingerprint density at radius 1 is 1.31 bits per heavy atom. The molecule has 0 saturated heterocycles. The van der Waals surface area contributed by atoms with Crippen LogP contribution in [0.3, 0.4) is 0 Å². The first-order valence-electron chi connectivity index (χ1n) is 8.79. The molecule has 2 aromatic rings. The van der Waals surface area contributed by atoms with Crippen LogP contribution in [-0.2, 0) is 0 Å². The first-order chi connectivity index (χ1) is 12.6. The SMILES string of the molecule is CCOc1ccc([C@@H](C)NC(=O)N[C@@H]2CCSc3ccc(F)cc32)cc1. The number of urea groups is 1. The zero-order valence-electron chi connectivity index (χ0n) is 14.9. The van der Waals surface area contributed by atoms with Crippen LogP contribution in [0, 0.1) is 5.82 Å². The number of nitrogens with one attached hydrogen (secondary N) is 2. The Bertz CT molecular complexity index is 767. The van der Waals surface area contributed by atoms with Crippen LogP contribution in [0.25, 0.3) is 0 Å². The van der Waals surface area contributed by atoms with Crippen molar-refractivity contribution in [2.45, 2.75) is 37.2 Å². The minimum Gasteiger partial charge on any atom is -0.494 e. The monoisotopic (exact) mass is 374 g/mol. The van der Waals surface area contributed by atoms with Gasteiger partial charge in [-0.05, 0) is 61.7 Å². The molecule has 1 aliphatic rings. The van der Waals surface area contributed by atoms with Crippen LogP contribution in [0.1, 0.15) is 43.5 Å². The van der Waals surface area contributed by atoms with Gasteiger partial charge in [0.2, 0.25) is 0 Å². The third kappa shape index (κ3) is 4.49. The quantitative estimate of drug-likeness (QED) is 0.789. The van der Waals surface area contributed by atoms with Gasteiger partial charge in [-0.25, -0.2) is 9.18 Å². The van der Waals surface area contributed by atoms with Crippen molar-refractivity contribution in [2.24, 2.45) is 0 Å². The topological polar surface area (TPSA) is 50.4 Å². The van der Waals surface area contributed by atoms with E-state index >= 15 is 0 Å². The molecule has 0 unspecified atom stereocenters. The first kappa shape index (κ1) is 18.6. The summed E-state index contributed by atoms with van der Waals surface area (Å²) in [5.41, 5.74) is 1.85.